The fourth-order valence-corrected chi connectivity index (χ4v) is 2.67. The molecular weight excluding hydrogens is 340 g/mol. The van der Waals surface area contributed by atoms with Gasteiger partial charge in [0.1, 0.15) is 0 Å². The molecule has 4 heteroatoms. The number of hydrogen-bond acceptors (Lipinski definition) is 4. The quantitative estimate of drug-likeness (QED) is 0.200. The standard InChI is InChI=1S/C12H24O2.C11H22O2/c1-3-5-6-7-8-9-10-12(13)14-11-4-2;1-3-4-5-6-7-8-9-10-11(12)13-2/h3-11H2,1-2H3;3-10H2,1-2H3. The van der Waals surface area contributed by atoms with Gasteiger partial charge in [-0.2, -0.15) is 0 Å². The van der Waals surface area contributed by atoms with Crippen LogP contribution in [0.4, 0.5) is 0 Å². The van der Waals surface area contributed by atoms with E-state index in [1.54, 1.807) is 0 Å². The smallest absolute Gasteiger partial charge is 0.305 e. The topological polar surface area (TPSA) is 52.6 Å². The summed E-state index contributed by atoms with van der Waals surface area (Å²) < 4.78 is 9.54. The van der Waals surface area contributed by atoms with E-state index in [0.29, 0.717) is 19.4 Å². The summed E-state index contributed by atoms with van der Waals surface area (Å²) in [6.45, 7) is 7.02. The highest BCUT2D eigenvalue weighted by Gasteiger charge is 2.01. The molecule has 0 unspecified atom stereocenters. The number of methoxy groups -OCH3 is 1. The minimum absolute atomic E-state index is 0.0256. The van der Waals surface area contributed by atoms with Gasteiger partial charge < -0.3 is 9.47 Å². The summed E-state index contributed by atoms with van der Waals surface area (Å²) in [6.07, 6.45) is 18.1. The molecule has 0 aromatic carbocycles. The lowest BCUT2D eigenvalue weighted by Crippen LogP contribution is -2.04. The van der Waals surface area contributed by atoms with Crippen molar-refractivity contribution in [3.05, 3.63) is 0 Å². The molecule has 0 fully saturated rings. The van der Waals surface area contributed by atoms with E-state index >= 15 is 0 Å². The lowest BCUT2D eigenvalue weighted by atomic mass is 10.1. The van der Waals surface area contributed by atoms with Gasteiger partial charge in [-0.05, 0) is 19.3 Å². The molecule has 0 aliphatic carbocycles. The predicted molar refractivity (Wildman–Crippen MR) is 114 cm³/mol. The summed E-state index contributed by atoms with van der Waals surface area (Å²) in [5.41, 5.74) is 0. The van der Waals surface area contributed by atoms with Crippen molar-refractivity contribution in [3.8, 4) is 0 Å². The van der Waals surface area contributed by atoms with Crippen LogP contribution in [0.5, 0.6) is 0 Å². The van der Waals surface area contributed by atoms with Crippen LogP contribution in [0, 0.1) is 0 Å². The Morgan fingerprint density at radius 1 is 0.556 bits per heavy atom. The van der Waals surface area contributed by atoms with Crippen LogP contribution in [0.1, 0.15) is 124 Å². The highest BCUT2D eigenvalue weighted by Crippen LogP contribution is 2.09. The van der Waals surface area contributed by atoms with Crippen LogP contribution in [0.2, 0.25) is 0 Å². The molecule has 0 saturated carbocycles. The van der Waals surface area contributed by atoms with Crippen molar-refractivity contribution in [2.75, 3.05) is 13.7 Å². The van der Waals surface area contributed by atoms with E-state index < -0.39 is 0 Å². The van der Waals surface area contributed by atoms with E-state index in [1.165, 1.54) is 77.7 Å². The first-order chi connectivity index (χ1) is 13.1. The summed E-state index contributed by atoms with van der Waals surface area (Å²) in [4.78, 5) is 21.8. The van der Waals surface area contributed by atoms with Gasteiger partial charge in [-0.3, -0.25) is 9.59 Å². The first-order valence-corrected chi connectivity index (χ1v) is 11.3. The second-order valence-corrected chi connectivity index (χ2v) is 7.19. The Morgan fingerprint density at radius 3 is 1.37 bits per heavy atom. The van der Waals surface area contributed by atoms with Gasteiger partial charge in [-0.15, -0.1) is 0 Å². The first kappa shape index (κ1) is 28.2. The number of unbranched alkanes of at least 4 members (excludes halogenated alkanes) is 11. The minimum atomic E-state index is -0.0754. The monoisotopic (exact) mass is 386 g/mol. The maximum absolute atomic E-state index is 11.1. The van der Waals surface area contributed by atoms with Crippen molar-refractivity contribution in [1.29, 1.82) is 0 Å². The molecule has 0 bridgehead atoms. The third-order valence-corrected chi connectivity index (χ3v) is 4.41. The van der Waals surface area contributed by atoms with Crippen molar-refractivity contribution in [1.82, 2.24) is 0 Å². The van der Waals surface area contributed by atoms with Gasteiger partial charge in [0, 0.05) is 12.8 Å². The van der Waals surface area contributed by atoms with Crippen LogP contribution >= 0.6 is 0 Å². The highest BCUT2D eigenvalue weighted by atomic mass is 16.5. The fourth-order valence-electron chi connectivity index (χ4n) is 2.67. The second kappa shape index (κ2) is 24.9. The third-order valence-electron chi connectivity index (χ3n) is 4.41. The van der Waals surface area contributed by atoms with Gasteiger partial charge in [0.2, 0.25) is 0 Å². The SMILES string of the molecule is CCCCCCCCC(=O)OCCC.CCCCCCCCCC(=O)OC. The Bertz CT molecular complexity index is 316. The maximum Gasteiger partial charge on any atom is 0.305 e. The zero-order valence-electron chi connectivity index (χ0n) is 18.7. The summed E-state index contributed by atoms with van der Waals surface area (Å²) in [5, 5.41) is 0. The average molecular weight is 387 g/mol. The van der Waals surface area contributed by atoms with Gasteiger partial charge in [0.05, 0.1) is 13.7 Å². The number of hydrogen-bond donors (Lipinski definition) is 0. The van der Waals surface area contributed by atoms with Crippen LogP contribution < -0.4 is 0 Å². The first-order valence-electron chi connectivity index (χ1n) is 11.3. The molecule has 0 rings (SSSR count). The molecule has 0 heterocycles. The number of esters is 2. The summed E-state index contributed by atoms with van der Waals surface area (Å²) in [5.74, 6) is -0.101. The summed E-state index contributed by atoms with van der Waals surface area (Å²) in [7, 11) is 1.45. The molecule has 0 amide bonds. The largest absolute Gasteiger partial charge is 0.469 e. The van der Waals surface area contributed by atoms with Crippen LogP contribution in [0.15, 0.2) is 0 Å². The van der Waals surface area contributed by atoms with E-state index in [1.807, 2.05) is 6.92 Å². The third kappa shape index (κ3) is 27.3. The fraction of sp³-hybridized carbons (Fsp3) is 0.913. The van der Waals surface area contributed by atoms with E-state index in [4.69, 9.17) is 4.74 Å². The normalized spacial score (nSPS) is 10.1. The molecule has 0 aromatic heterocycles. The van der Waals surface area contributed by atoms with E-state index in [0.717, 1.165) is 19.3 Å². The zero-order chi connectivity index (χ0) is 20.6. The van der Waals surface area contributed by atoms with Crippen LogP contribution in [0.25, 0.3) is 0 Å². The molecule has 0 aromatic rings. The molecule has 4 nitrogen and oxygen atoms in total. The van der Waals surface area contributed by atoms with Crippen molar-refractivity contribution in [3.63, 3.8) is 0 Å². The predicted octanol–water partition coefficient (Wildman–Crippen LogP) is 6.99. The molecule has 0 N–H and O–H groups in total. The average Bonchev–Trinajstić information content (AvgIpc) is 2.68. The van der Waals surface area contributed by atoms with Crippen molar-refractivity contribution in [2.24, 2.45) is 0 Å². The number of carbonyl (C=O) groups excluding carboxylic acids is 2. The number of carbonyl (C=O) groups is 2. The van der Waals surface area contributed by atoms with Crippen LogP contribution in [-0.4, -0.2) is 25.7 Å². The van der Waals surface area contributed by atoms with Crippen molar-refractivity contribution < 1.29 is 19.1 Å². The van der Waals surface area contributed by atoms with Crippen LogP contribution in [-0.2, 0) is 19.1 Å². The Balaban J connectivity index is 0. The van der Waals surface area contributed by atoms with Gasteiger partial charge in [0.15, 0.2) is 0 Å². The van der Waals surface area contributed by atoms with Crippen molar-refractivity contribution in [2.45, 2.75) is 124 Å². The zero-order valence-corrected chi connectivity index (χ0v) is 18.7. The molecule has 162 valence electrons. The molecule has 0 atom stereocenters. The van der Waals surface area contributed by atoms with Crippen LogP contribution in [0.3, 0.4) is 0 Å². The van der Waals surface area contributed by atoms with E-state index in [9.17, 15) is 9.59 Å². The van der Waals surface area contributed by atoms with Gasteiger partial charge >= 0.3 is 11.9 Å². The van der Waals surface area contributed by atoms with Gasteiger partial charge in [-0.25, -0.2) is 0 Å². The Labute approximate surface area is 168 Å². The van der Waals surface area contributed by atoms with E-state index in [-0.39, 0.29) is 11.9 Å². The molecular formula is C23H46O4. The van der Waals surface area contributed by atoms with Gasteiger partial charge in [-0.1, -0.05) is 91.4 Å². The molecule has 27 heavy (non-hydrogen) atoms. The van der Waals surface area contributed by atoms with Gasteiger partial charge in [0.25, 0.3) is 0 Å². The molecule has 0 spiro atoms. The second-order valence-electron chi connectivity index (χ2n) is 7.19. The maximum atomic E-state index is 11.1. The lowest BCUT2D eigenvalue weighted by molar-refractivity contribution is -0.144. The Morgan fingerprint density at radius 2 is 0.963 bits per heavy atom. The molecule has 0 aliphatic heterocycles. The van der Waals surface area contributed by atoms with E-state index in [2.05, 4.69) is 18.6 Å². The minimum Gasteiger partial charge on any atom is -0.469 e. The Hall–Kier alpha value is -1.06. The molecule has 0 aliphatic rings. The number of rotatable bonds is 17. The summed E-state index contributed by atoms with van der Waals surface area (Å²) >= 11 is 0. The van der Waals surface area contributed by atoms with Crippen molar-refractivity contribution >= 4 is 11.9 Å². The highest BCUT2D eigenvalue weighted by molar-refractivity contribution is 5.69. The number of ether oxygens (including phenoxy) is 2. The Kier molecular flexibility index (Phi) is 26.0. The molecule has 0 saturated heterocycles. The molecule has 0 radical (unpaired) electrons. The summed E-state index contributed by atoms with van der Waals surface area (Å²) in [6, 6.07) is 0. The lowest BCUT2D eigenvalue weighted by Gasteiger charge is -2.02.